The van der Waals surface area contributed by atoms with Crippen molar-refractivity contribution in [1.82, 2.24) is 9.55 Å². The van der Waals surface area contributed by atoms with E-state index in [9.17, 15) is 9.59 Å². The zero-order valence-corrected chi connectivity index (χ0v) is 19.5. The van der Waals surface area contributed by atoms with Crippen LogP contribution in [0.5, 0.6) is 0 Å². The number of amides is 1. The maximum atomic E-state index is 13.9. The first-order valence-electron chi connectivity index (χ1n) is 11.6. The van der Waals surface area contributed by atoms with Gasteiger partial charge in [-0.1, -0.05) is 61.2 Å². The lowest BCUT2D eigenvalue weighted by Gasteiger charge is -2.16. The summed E-state index contributed by atoms with van der Waals surface area (Å²) in [6, 6.07) is 30.6. The van der Waals surface area contributed by atoms with Crippen LogP contribution in [0, 0.1) is 0 Å². The third kappa shape index (κ3) is 4.93. The van der Waals surface area contributed by atoms with Crippen molar-refractivity contribution < 1.29 is 4.79 Å². The first-order chi connectivity index (χ1) is 17.6. The van der Waals surface area contributed by atoms with Crippen LogP contribution in [0.15, 0.2) is 121 Å². The molecule has 0 aliphatic carbocycles. The van der Waals surface area contributed by atoms with E-state index in [1.807, 2.05) is 78.9 Å². The van der Waals surface area contributed by atoms with Crippen LogP contribution < -0.4 is 16.2 Å². The number of rotatable bonds is 7. The van der Waals surface area contributed by atoms with Gasteiger partial charge in [0.05, 0.1) is 11.2 Å². The van der Waals surface area contributed by atoms with Crippen LogP contribution in [-0.4, -0.2) is 15.5 Å². The van der Waals surface area contributed by atoms with Gasteiger partial charge < -0.3 is 10.6 Å². The quantitative estimate of drug-likeness (QED) is 0.292. The Balaban J connectivity index is 1.67. The number of carbonyl (C=O) groups is 1. The molecule has 176 valence electrons. The highest BCUT2D eigenvalue weighted by atomic mass is 16.1. The monoisotopic (exact) mass is 472 g/mol. The second-order valence-electron chi connectivity index (χ2n) is 8.34. The molecule has 0 spiro atoms. The standard InChI is InChI=1S/C30H24N4O2/c1-2-29(35)33-25-14-9-15-26(18-25)34-27-19-28(32-24-12-7-4-8-13-24)31-20-23(27)17-22(30(34)36)16-21-10-5-3-6-11-21/h2-15,17-20H,1,16H2,(H,31,32)(H,33,35). The average molecular weight is 473 g/mol. The Hall–Kier alpha value is -4.97. The van der Waals surface area contributed by atoms with Gasteiger partial charge in [-0.2, -0.15) is 0 Å². The summed E-state index contributed by atoms with van der Waals surface area (Å²) in [5.74, 6) is 0.300. The summed E-state index contributed by atoms with van der Waals surface area (Å²) < 4.78 is 1.68. The summed E-state index contributed by atoms with van der Waals surface area (Å²) in [6.07, 6.45) is 3.48. The number of benzene rings is 3. The molecule has 36 heavy (non-hydrogen) atoms. The Labute approximate surface area is 208 Å². The van der Waals surface area contributed by atoms with Gasteiger partial charge in [0, 0.05) is 41.0 Å². The second-order valence-corrected chi connectivity index (χ2v) is 8.34. The van der Waals surface area contributed by atoms with Crippen molar-refractivity contribution in [1.29, 1.82) is 0 Å². The van der Waals surface area contributed by atoms with Crippen LogP contribution in [0.1, 0.15) is 11.1 Å². The number of fused-ring (bicyclic) bond motifs is 1. The molecule has 0 radical (unpaired) electrons. The molecule has 5 aromatic rings. The molecule has 5 rings (SSSR count). The molecule has 2 heterocycles. The summed E-state index contributed by atoms with van der Waals surface area (Å²) >= 11 is 0. The molecule has 2 N–H and O–H groups in total. The van der Waals surface area contributed by atoms with Gasteiger partial charge in [-0.25, -0.2) is 4.98 Å². The highest BCUT2D eigenvalue weighted by molar-refractivity contribution is 5.99. The Bertz CT molecular complexity index is 1610. The second kappa shape index (κ2) is 10.1. The number of hydrogen-bond acceptors (Lipinski definition) is 4. The largest absolute Gasteiger partial charge is 0.340 e. The van der Waals surface area contributed by atoms with Crippen molar-refractivity contribution in [2.45, 2.75) is 6.42 Å². The highest BCUT2D eigenvalue weighted by Gasteiger charge is 2.14. The fourth-order valence-corrected chi connectivity index (χ4v) is 4.12. The summed E-state index contributed by atoms with van der Waals surface area (Å²) in [7, 11) is 0. The van der Waals surface area contributed by atoms with E-state index in [0.717, 1.165) is 16.6 Å². The average Bonchev–Trinajstić information content (AvgIpc) is 2.90. The minimum Gasteiger partial charge on any atom is -0.340 e. The third-order valence-corrected chi connectivity index (χ3v) is 5.80. The summed E-state index contributed by atoms with van der Waals surface area (Å²) in [6.45, 7) is 3.51. The number of aromatic nitrogens is 2. The summed E-state index contributed by atoms with van der Waals surface area (Å²) in [5, 5.41) is 6.90. The molecular weight excluding hydrogens is 448 g/mol. The Kier molecular flexibility index (Phi) is 6.40. The Morgan fingerprint density at radius 1 is 0.889 bits per heavy atom. The van der Waals surface area contributed by atoms with Crippen LogP contribution in [0.25, 0.3) is 16.6 Å². The molecule has 6 nitrogen and oxygen atoms in total. The highest BCUT2D eigenvalue weighted by Crippen LogP contribution is 2.24. The SMILES string of the molecule is C=CC(=O)Nc1cccc(-n2c(=O)c(Cc3ccccc3)cc3cnc(Nc4ccccc4)cc32)c1. The van der Waals surface area contributed by atoms with Crippen LogP contribution in [-0.2, 0) is 11.2 Å². The van der Waals surface area contributed by atoms with Crippen molar-refractivity contribution >= 4 is 34.0 Å². The van der Waals surface area contributed by atoms with E-state index in [1.165, 1.54) is 6.08 Å². The molecule has 6 heteroatoms. The van der Waals surface area contributed by atoms with E-state index in [1.54, 1.807) is 29.0 Å². The Morgan fingerprint density at radius 2 is 1.61 bits per heavy atom. The zero-order valence-electron chi connectivity index (χ0n) is 19.5. The van der Waals surface area contributed by atoms with Gasteiger partial charge >= 0.3 is 0 Å². The topological polar surface area (TPSA) is 76.0 Å². The molecule has 0 atom stereocenters. The van der Waals surface area contributed by atoms with E-state index in [0.29, 0.717) is 34.7 Å². The summed E-state index contributed by atoms with van der Waals surface area (Å²) in [5.41, 5.74) is 4.38. The normalized spacial score (nSPS) is 10.7. The fourth-order valence-electron chi connectivity index (χ4n) is 4.12. The van der Waals surface area contributed by atoms with Gasteiger partial charge in [0.1, 0.15) is 5.82 Å². The van der Waals surface area contributed by atoms with Crippen molar-refractivity contribution in [2.75, 3.05) is 10.6 Å². The number of carbonyl (C=O) groups excluding carboxylic acids is 1. The smallest absolute Gasteiger partial charge is 0.259 e. The third-order valence-electron chi connectivity index (χ3n) is 5.80. The lowest BCUT2D eigenvalue weighted by molar-refractivity contribution is -0.111. The summed E-state index contributed by atoms with van der Waals surface area (Å²) in [4.78, 5) is 30.3. The van der Waals surface area contributed by atoms with Gasteiger partial charge in [-0.15, -0.1) is 0 Å². The number of hydrogen-bond donors (Lipinski definition) is 2. The van der Waals surface area contributed by atoms with Gasteiger partial charge in [0.15, 0.2) is 0 Å². The van der Waals surface area contributed by atoms with E-state index >= 15 is 0 Å². The lowest BCUT2D eigenvalue weighted by Crippen LogP contribution is -2.23. The number of anilines is 3. The van der Waals surface area contributed by atoms with Gasteiger partial charge in [0.25, 0.3) is 5.56 Å². The first-order valence-corrected chi connectivity index (χ1v) is 11.6. The maximum Gasteiger partial charge on any atom is 0.259 e. The first kappa shape index (κ1) is 22.8. The van der Waals surface area contributed by atoms with Crippen LogP contribution in [0.2, 0.25) is 0 Å². The van der Waals surface area contributed by atoms with E-state index in [2.05, 4.69) is 22.2 Å². The van der Waals surface area contributed by atoms with E-state index < -0.39 is 0 Å². The molecule has 0 fully saturated rings. The van der Waals surface area contributed by atoms with Crippen molar-refractivity contribution in [3.63, 3.8) is 0 Å². The van der Waals surface area contributed by atoms with E-state index in [-0.39, 0.29) is 11.5 Å². The number of nitrogens with zero attached hydrogens (tertiary/aromatic N) is 2. The molecule has 0 unspecified atom stereocenters. The minimum atomic E-state index is -0.319. The molecule has 0 saturated heterocycles. The predicted octanol–water partition coefficient (Wildman–Crippen LogP) is 5.84. The van der Waals surface area contributed by atoms with Crippen molar-refractivity contribution in [3.05, 3.63) is 137 Å². The molecular formula is C30H24N4O2. The minimum absolute atomic E-state index is 0.129. The molecule has 2 aromatic heterocycles. The zero-order chi connectivity index (χ0) is 24.9. The fraction of sp³-hybridized carbons (Fsp3) is 0.0333. The number of nitrogens with one attached hydrogen (secondary N) is 2. The number of para-hydroxylation sites is 1. The number of pyridine rings is 2. The van der Waals surface area contributed by atoms with Crippen LogP contribution in [0.4, 0.5) is 17.2 Å². The molecule has 3 aromatic carbocycles. The van der Waals surface area contributed by atoms with Crippen molar-refractivity contribution in [2.24, 2.45) is 0 Å². The molecule has 1 amide bonds. The molecule has 0 aliphatic heterocycles. The lowest BCUT2D eigenvalue weighted by atomic mass is 10.0. The predicted molar refractivity (Wildman–Crippen MR) is 145 cm³/mol. The van der Waals surface area contributed by atoms with E-state index in [4.69, 9.17) is 0 Å². The maximum absolute atomic E-state index is 13.9. The molecule has 0 aliphatic rings. The van der Waals surface area contributed by atoms with Crippen LogP contribution >= 0.6 is 0 Å². The Morgan fingerprint density at radius 3 is 2.36 bits per heavy atom. The molecule has 0 saturated carbocycles. The molecule has 0 bridgehead atoms. The van der Waals surface area contributed by atoms with Crippen molar-refractivity contribution in [3.8, 4) is 5.69 Å². The van der Waals surface area contributed by atoms with Gasteiger partial charge in [-0.05, 0) is 48.0 Å². The van der Waals surface area contributed by atoms with Gasteiger partial charge in [-0.3, -0.25) is 14.2 Å². The van der Waals surface area contributed by atoms with Crippen LogP contribution in [0.3, 0.4) is 0 Å². The van der Waals surface area contributed by atoms with Gasteiger partial charge in [0.2, 0.25) is 5.91 Å².